The maximum Gasteiger partial charge on any atom is 0.407 e. The topological polar surface area (TPSA) is 114 Å². The van der Waals surface area contributed by atoms with Gasteiger partial charge >= 0.3 is 12.1 Å². The summed E-state index contributed by atoms with van der Waals surface area (Å²) in [5.74, 6) is -0.785. The number of fused-ring (bicyclic) bond motifs is 3. The first-order valence-corrected chi connectivity index (χ1v) is 12.0. The zero-order valence-electron chi connectivity index (χ0n) is 18.0. The van der Waals surface area contributed by atoms with Gasteiger partial charge in [-0.1, -0.05) is 48.5 Å². The van der Waals surface area contributed by atoms with Gasteiger partial charge in [0.2, 0.25) is 0 Å². The van der Waals surface area contributed by atoms with Gasteiger partial charge in [0.1, 0.15) is 6.61 Å². The van der Waals surface area contributed by atoms with Crippen molar-refractivity contribution < 1.29 is 29.0 Å². The molecule has 2 aromatic carbocycles. The average molecular weight is 471 g/mol. The molecule has 0 unspecified atom stereocenters. The van der Waals surface area contributed by atoms with Gasteiger partial charge < -0.3 is 25.2 Å². The Morgan fingerprint density at radius 3 is 2.39 bits per heavy atom. The predicted octanol–water partition coefficient (Wildman–Crippen LogP) is 2.62. The molecule has 9 heteroatoms. The third kappa shape index (κ3) is 5.48. The fraction of sp³-hybridized carbons (Fsp3) is 0.375. The summed E-state index contributed by atoms with van der Waals surface area (Å²) in [7, 11) is 0. The lowest BCUT2D eigenvalue weighted by molar-refractivity contribution is -0.134. The normalized spacial score (nSPS) is 18.9. The third-order valence-electron chi connectivity index (χ3n) is 5.77. The highest BCUT2D eigenvalue weighted by Gasteiger charge is 2.36. The van der Waals surface area contributed by atoms with Crippen LogP contribution >= 0.6 is 11.8 Å². The average Bonchev–Trinajstić information content (AvgIpc) is 3.39. The van der Waals surface area contributed by atoms with Crippen molar-refractivity contribution in [2.24, 2.45) is 0 Å². The molecule has 33 heavy (non-hydrogen) atoms. The molecule has 0 aromatic heterocycles. The molecule has 2 aliphatic rings. The van der Waals surface area contributed by atoms with E-state index in [1.807, 2.05) is 24.3 Å². The van der Waals surface area contributed by atoms with Crippen molar-refractivity contribution in [1.29, 1.82) is 0 Å². The second-order valence-corrected chi connectivity index (χ2v) is 9.00. The largest absolute Gasteiger partial charge is 0.481 e. The van der Waals surface area contributed by atoms with Crippen molar-refractivity contribution in [1.82, 2.24) is 10.6 Å². The fourth-order valence-corrected chi connectivity index (χ4v) is 4.86. The van der Waals surface area contributed by atoms with Crippen molar-refractivity contribution in [2.75, 3.05) is 31.3 Å². The van der Waals surface area contributed by atoms with Crippen molar-refractivity contribution in [2.45, 2.75) is 24.5 Å². The smallest absolute Gasteiger partial charge is 0.407 e. The molecule has 0 saturated carbocycles. The van der Waals surface area contributed by atoms with E-state index >= 15 is 0 Å². The predicted molar refractivity (Wildman–Crippen MR) is 124 cm³/mol. The van der Waals surface area contributed by atoms with Gasteiger partial charge in [-0.05, 0) is 28.7 Å². The van der Waals surface area contributed by atoms with E-state index in [1.165, 1.54) is 11.8 Å². The van der Waals surface area contributed by atoms with Gasteiger partial charge in [-0.15, -0.1) is 11.8 Å². The molecule has 1 aliphatic carbocycles. The summed E-state index contributed by atoms with van der Waals surface area (Å²) in [4.78, 5) is 35.5. The number of amides is 2. The quantitative estimate of drug-likeness (QED) is 0.483. The van der Waals surface area contributed by atoms with Gasteiger partial charge in [0.25, 0.3) is 5.91 Å². The van der Waals surface area contributed by atoms with Crippen LogP contribution in [-0.2, 0) is 19.1 Å². The number of carboxylic acid groups (broad SMARTS) is 1. The number of alkyl carbamates (subject to hydrolysis) is 1. The highest BCUT2D eigenvalue weighted by Crippen LogP contribution is 2.44. The van der Waals surface area contributed by atoms with Gasteiger partial charge in [-0.3, -0.25) is 9.59 Å². The van der Waals surface area contributed by atoms with E-state index in [2.05, 4.69) is 34.9 Å². The zero-order chi connectivity index (χ0) is 23.2. The number of hydrogen-bond donors (Lipinski definition) is 3. The van der Waals surface area contributed by atoms with Gasteiger partial charge in [0, 0.05) is 24.8 Å². The summed E-state index contributed by atoms with van der Waals surface area (Å²) < 4.78 is 11.1. The molecule has 3 N–H and O–H groups in total. The van der Waals surface area contributed by atoms with Crippen molar-refractivity contribution >= 4 is 29.7 Å². The lowest BCUT2D eigenvalue weighted by Crippen LogP contribution is -2.48. The monoisotopic (exact) mass is 470 g/mol. The Morgan fingerprint density at radius 2 is 1.73 bits per heavy atom. The maximum atomic E-state index is 12.5. The third-order valence-corrected chi connectivity index (χ3v) is 6.71. The summed E-state index contributed by atoms with van der Waals surface area (Å²) in [6.45, 7) is 0.888. The molecular weight excluding hydrogens is 444 g/mol. The van der Waals surface area contributed by atoms with Crippen molar-refractivity contribution in [3.8, 4) is 11.1 Å². The number of aliphatic carboxylic acids is 1. The van der Waals surface area contributed by atoms with Crippen LogP contribution in [0.1, 0.15) is 23.5 Å². The summed E-state index contributed by atoms with van der Waals surface area (Å²) >= 11 is 1.22. The van der Waals surface area contributed by atoms with E-state index in [9.17, 15) is 14.4 Å². The Morgan fingerprint density at radius 1 is 1.06 bits per heavy atom. The van der Waals surface area contributed by atoms with E-state index in [1.54, 1.807) is 0 Å². The van der Waals surface area contributed by atoms with Crippen LogP contribution in [0, 0.1) is 0 Å². The minimum Gasteiger partial charge on any atom is -0.481 e. The molecule has 2 aromatic rings. The summed E-state index contributed by atoms with van der Waals surface area (Å²) in [5.41, 5.74) is 4.58. The first kappa shape index (κ1) is 23.1. The molecule has 1 fully saturated rings. The Kier molecular flexibility index (Phi) is 7.51. The van der Waals surface area contributed by atoms with Gasteiger partial charge in [0.15, 0.2) is 6.10 Å². The second-order valence-electron chi connectivity index (χ2n) is 7.89. The fourth-order valence-electron chi connectivity index (χ4n) is 4.29. The van der Waals surface area contributed by atoms with E-state index in [-0.39, 0.29) is 24.2 Å². The molecule has 1 heterocycles. The zero-order valence-corrected chi connectivity index (χ0v) is 18.8. The van der Waals surface area contributed by atoms with Crippen LogP contribution in [0.15, 0.2) is 48.5 Å². The number of thioether (sulfide) groups is 1. The summed E-state index contributed by atoms with van der Waals surface area (Å²) in [6.07, 6.45) is -0.868. The molecule has 8 nitrogen and oxygen atoms in total. The second kappa shape index (κ2) is 10.7. The number of benzene rings is 2. The van der Waals surface area contributed by atoms with Crippen molar-refractivity contribution in [3.05, 3.63) is 59.7 Å². The van der Waals surface area contributed by atoms with E-state index in [0.717, 1.165) is 22.3 Å². The Hall–Kier alpha value is -3.04. The first-order chi connectivity index (χ1) is 16.0. The highest BCUT2D eigenvalue weighted by atomic mass is 32.2. The lowest BCUT2D eigenvalue weighted by Gasteiger charge is -2.20. The molecule has 2 amide bonds. The van der Waals surface area contributed by atoms with E-state index < -0.39 is 24.2 Å². The van der Waals surface area contributed by atoms with Gasteiger partial charge in [0.05, 0.1) is 11.8 Å². The molecule has 4 rings (SSSR count). The van der Waals surface area contributed by atoms with Crippen molar-refractivity contribution in [3.63, 3.8) is 0 Å². The van der Waals surface area contributed by atoms with Crippen LogP contribution in [-0.4, -0.2) is 66.5 Å². The van der Waals surface area contributed by atoms with Gasteiger partial charge in [-0.2, -0.15) is 0 Å². The number of carboxylic acids is 1. The SMILES string of the molecule is O=C(O)CSCCNC(=O)[C@H]1OCC[C@H]1NC(=O)OCC1c2ccccc2-c2ccccc21. The van der Waals surface area contributed by atoms with Crippen LogP contribution in [0.5, 0.6) is 0 Å². The molecule has 174 valence electrons. The summed E-state index contributed by atoms with van der Waals surface area (Å²) in [5, 5.41) is 14.1. The Balaban J connectivity index is 1.28. The van der Waals surface area contributed by atoms with E-state index in [0.29, 0.717) is 25.3 Å². The van der Waals surface area contributed by atoms with Crippen LogP contribution < -0.4 is 10.6 Å². The number of ether oxygens (including phenoxy) is 2. The van der Waals surface area contributed by atoms with Crippen LogP contribution in [0.4, 0.5) is 4.79 Å². The highest BCUT2D eigenvalue weighted by molar-refractivity contribution is 7.99. The molecule has 1 saturated heterocycles. The number of carbonyl (C=O) groups excluding carboxylic acids is 2. The van der Waals surface area contributed by atoms with Crippen LogP contribution in [0.25, 0.3) is 11.1 Å². The molecule has 0 radical (unpaired) electrons. The molecular formula is C24H26N2O6S. The maximum absolute atomic E-state index is 12.5. The summed E-state index contributed by atoms with van der Waals surface area (Å²) in [6, 6.07) is 15.8. The Bertz CT molecular complexity index is 984. The molecule has 2 atom stereocenters. The molecule has 1 aliphatic heterocycles. The lowest BCUT2D eigenvalue weighted by atomic mass is 9.98. The molecule has 0 bridgehead atoms. The first-order valence-electron chi connectivity index (χ1n) is 10.8. The number of hydrogen-bond acceptors (Lipinski definition) is 6. The number of carbonyl (C=O) groups is 3. The van der Waals surface area contributed by atoms with Gasteiger partial charge in [-0.25, -0.2) is 4.79 Å². The van der Waals surface area contributed by atoms with E-state index in [4.69, 9.17) is 14.6 Å². The Labute approximate surface area is 196 Å². The number of nitrogens with one attached hydrogen (secondary N) is 2. The minimum atomic E-state index is -0.891. The molecule has 0 spiro atoms. The minimum absolute atomic E-state index is 0.0121. The number of rotatable bonds is 9. The van der Waals surface area contributed by atoms with Crippen LogP contribution in [0.3, 0.4) is 0 Å². The van der Waals surface area contributed by atoms with Crippen LogP contribution in [0.2, 0.25) is 0 Å². The standard InChI is InChI=1S/C24H26N2O6S/c27-21(28)14-33-12-10-25-23(29)22-20(9-11-31-22)26-24(30)32-13-19-17-7-3-1-5-15(17)16-6-2-4-8-18(16)19/h1-8,19-20,22H,9-14H2,(H,25,29)(H,26,30)(H,27,28)/t20-,22+/m1/s1.